The van der Waals surface area contributed by atoms with Crippen molar-refractivity contribution in [1.29, 1.82) is 0 Å². The lowest BCUT2D eigenvalue weighted by Crippen LogP contribution is -2.22. The molecule has 1 atom stereocenters. The molecule has 5 nitrogen and oxygen atoms in total. The van der Waals surface area contributed by atoms with E-state index in [9.17, 15) is 0 Å². The molecule has 5 heteroatoms. The fraction of sp³-hybridized carbons (Fsp3) is 0.316. The van der Waals surface area contributed by atoms with Crippen molar-refractivity contribution in [1.82, 2.24) is 24.4 Å². The van der Waals surface area contributed by atoms with Crippen LogP contribution >= 0.6 is 0 Å². The molecule has 0 amide bonds. The Bertz CT molecular complexity index is 797. The summed E-state index contributed by atoms with van der Waals surface area (Å²) in [6.07, 6.45) is 8.65. The van der Waals surface area contributed by atoms with Crippen molar-refractivity contribution in [2.24, 2.45) is 0 Å². The lowest BCUT2D eigenvalue weighted by Gasteiger charge is -2.19. The summed E-state index contributed by atoms with van der Waals surface area (Å²) in [4.78, 5) is 15.8. The van der Waals surface area contributed by atoms with Crippen molar-refractivity contribution in [3.63, 3.8) is 0 Å². The number of likely N-dealkylation sites (tertiary alicyclic amines) is 1. The Morgan fingerprint density at radius 2 is 2.04 bits per heavy atom. The SMILES string of the molecule is Cc1cnc(-c2cccnc2)n1C1CCN(Cc2ccccn2)C1. The molecule has 0 radical (unpaired) electrons. The Kier molecular flexibility index (Phi) is 4.09. The van der Waals surface area contributed by atoms with Crippen molar-refractivity contribution in [2.75, 3.05) is 13.1 Å². The third kappa shape index (κ3) is 2.95. The molecule has 0 N–H and O–H groups in total. The third-order valence-electron chi connectivity index (χ3n) is 4.63. The Hall–Kier alpha value is -2.53. The Morgan fingerprint density at radius 3 is 2.83 bits per heavy atom. The molecule has 3 aromatic heterocycles. The van der Waals surface area contributed by atoms with Crippen LogP contribution in [-0.2, 0) is 6.54 Å². The minimum atomic E-state index is 0.450. The van der Waals surface area contributed by atoms with Gasteiger partial charge in [-0.3, -0.25) is 14.9 Å². The highest BCUT2D eigenvalue weighted by Gasteiger charge is 2.27. The van der Waals surface area contributed by atoms with E-state index in [-0.39, 0.29) is 0 Å². The fourth-order valence-electron chi connectivity index (χ4n) is 3.50. The first-order valence-corrected chi connectivity index (χ1v) is 8.38. The highest BCUT2D eigenvalue weighted by Crippen LogP contribution is 2.29. The van der Waals surface area contributed by atoms with E-state index in [1.165, 1.54) is 5.69 Å². The van der Waals surface area contributed by atoms with E-state index in [0.29, 0.717) is 6.04 Å². The van der Waals surface area contributed by atoms with Gasteiger partial charge in [0.25, 0.3) is 0 Å². The molecule has 1 aliphatic heterocycles. The van der Waals surface area contributed by atoms with E-state index in [4.69, 9.17) is 0 Å². The molecule has 0 aliphatic carbocycles. The number of nitrogens with zero attached hydrogens (tertiary/aromatic N) is 5. The van der Waals surface area contributed by atoms with Crippen LogP contribution in [0.15, 0.2) is 55.1 Å². The Balaban J connectivity index is 1.54. The van der Waals surface area contributed by atoms with E-state index >= 15 is 0 Å². The van der Waals surface area contributed by atoms with Gasteiger partial charge in [0.1, 0.15) is 5.82 Å². The second kappa shape index (κ2) is 6.53. The molecular weight excluding hydrogens is 298 g/mol. The second-order valence-electron chi connectivity index (χ2n) is 6.33. The summed E-state index contributed by atoms with van der Waals surface area (Å²) >= 11 is 0. The highest BCUT2D eigenvalue weighted by atomic mass is 15.2. The number of imidazole rings is 1. The maximum Gasteiger partial charge on any atom is 0.141 e. The van der Waals surface area contributed by atoms with Crippen molar-refractivity contribution in [2.45, 2.75) is 25.9 Å². The summed E-state index contributed by atoms with van der Waals surface area (Å²) < 4.78 is 2.37. The number of aromatic nitrogens is 4. The van der Waals surface area contributed by atoms with Gasteiger partial charge in [0.05, 0.1) is 5.69 Å². The summed E-state index contributed by atoms with van der Waals surface area (Å²) in [5.74, 6) is 1.02. The predicted octanol–water partition coefficient (Wildman–Crippen LogP) is 3.10. The number of hydrogen-bond donors (Lipinski definition) is 0. The van der Waals surface area contributed by atoms with E-state index in [1.54, 1.807) is 6.20 Å². The van der Waals surface area contributed by atoms with Gasteiger partial charge in [-0.1, -0.05) is 6.07 Å². The van der Waals surface area contributed by atoms with E-state index < -0.39 is 0 Å². The van der Waals surface area contributed by atoms with Gasteiger partial charge in [-0.25, -0.2) is 4.98 Å². The molecule has 0 saturated carbocycles. The van der Waals surface area contributed by atoms with E-state index in [1.807, 2.05) is 30.7 Å². The largest absolute Gasteiger partial charge is 0.324 e. The normalized spacial score (nSPS) is 18.1. The molecular formula is C19H21N5. The van der Waals surface area contributed by atoms with Gasteiger partial charge in [0, 0.05) is 61.7 Å². The molecule has 1 saturated heterocycles. The maximum absolute atomic E-state index is 4.63. The Labute approximate surface area is 142 Å². The first-order chi connectivity index (χ1) is 11.8. The van der Waals surface area contributed by atoms with Crippen molar-refractivity contribution >= 4 is 0 Å². The van der Waals surface area contributed by atoms with Crippen LogP contribution in [0.4, 0.5) is 0 Å². The lowest BCUT2D eigenvalue weighted by atomic mass is 10.2. The van der Waals surface area contributed by atoms with E-state index in [2.05, 4.69) is 49.5 Å². The minimum Gasteiger partial charge on any atom is -0.324 e. The van der Waals surface area contributed by atoms with Crippen molar-refractivity contribution in [3.8, 4) is 11.4 Å². The van der Waals surface area contributed by atoms with Gasteiger partial charge >= 0.3 is 0 Å². The van der Waals surface area contributed by atoms with Crippen molar-refractivity contribution < 1.29 is 0 Å². The van der Waals surface area contributed by atoms with Gasteiger partial charge in [-0.2, -0.15) is 0 Å². The number of hydrogen-bond acceptors (Lipinski definition) is 4. The zero-order chi connectivity index (χ0) is 16.4. The zero-order valence-corrected chi connectivity index (χ0v) is 13.8. The van der Waals surface area contributed by atoms with Crippen LogP contribution in [0.25, 0.3) is 11.4 Å². The average molecular weight is 319 g/mol. The van der Waals surface area contributed by atoms with Gasteiger partial charge < -0.3 is 4.57 Å². The number of pyridine rings is 2. The molecule has 122 valence electrons. The summed E-state index contributed by atoms with van der Waals surface area (Å²) in [5.41, 5.74) is 3.42. The van der Waals surface area contributed by atoms with Crippen LogP contribution in [0.2, 0.25) is 0 Å². The first kappa shape index (κ1) is 15.0. The quantitative estimate of drug-likeness (QED) is 0.741. The third-order valence-corrected chi connectivity index (χ3v) is 4.63. The zero-order valence-electron chi connectivity index (χ0n) is 13.8. The van der Waals surface area contributed by atoms with Gasteiger partial charge in [-0.05, 0) is 37.6 Å². The molecule has 4 heterocycles. The smallest absolute Gasteiger partial charge is 0.141 e. The number of rotatable bonds is 4. The molecule has 24 heavy (non-hydrogen) atoms. The average Bonchev–Trinajstić information content (AvgIpc) is 3.23. The molecule has 0 aromatic carbocycles. The summed E-state index contributed by atoms with van der Waals surface area (Å²) in [6, 6.07) is 10.6. The molecule has 4 rings (SSSR count). The molecule has 3 aromatic rings. The van der Waals surface area contributed by atoms with E-state index in [0.717, 1.165) is 43.1 Å². The maximum atomic E-state index is 4.63. The topological polar surface area (TPSA) is 46.8 Å². The summed E-state index contributed by atoms with van der Waals surface area (Å²) in [7, 11) is 0. The van der Waals surface area contributed by atoms with Gasteiger partial charge in [-0.15, -0.1) is 0 Å². The fourth-order valence-corrected chi connectivity index (χ4v) is 3.50. The monoisotopic (exact) mass is 319 g/mol. The Morgan fingerprint density at radius 1 is 1.08 bits per heavy atom. The minimum absolute atomic E-state index is 0.450. The van der Waals surface area contributed by atoms with Gasteiger partial charge in [0.15, 0.2) is 0 Å². The van der Waals surface area contributed by atoms with Crippen LogP contribution < -0.4 is 0 Å². The molecule has 0 spiro atoms. The summed E-state index contributed by atoms with van der Waals surface area (Å²) in [5, 5.41) is 0. The molecule has 1 unspecified atom stereocenters. The van der Waals surface area contributed by atoms with Crippen LogP contribution in [0.5, 0.6) is 0 Å². The predicted molar refractivity (Wildman–Crippen MR) is 93.4 cm³/mol. The van der Waals surface area contributed by atoms with Crippen LogP contribution in [0.1, 0.15) is 23.9 Å². The van der Waals surface area contributed by atoms with Crippen molar-refractivity contribution in [3.05, 3.63) is 66.5 Å². The highest BCUT2D eigenvalue weighted by molar-refractivity contribution is 5.54. The lowest BCUT2D eigenvalue weighted by molar-refractivity contribution is 0.312. The summed E-state index contributed by atoms with van der Waals surface area (Å²) in [6.45, 7) is 5.16. The number of aryl methyl sites for hydroxylation is 1. The standard InChI is InChI=1S/C19H21N5/c1-15-11-22-19(16-5-4-8-20-12-16)24(15)18-7-10-23(14-18)13-17-6-2-3-9-21-17/h2-6,8-9,11-12,18H,7,10,13-14H2,1H3. The molecule has 1 fully saturated rings. The molecule has 0 bridgehead atoms. The second-order valence-corrected chi connectivity index (χ2v) is 6.33. The van der Waals surface area contributed by atoms with Crippen LogP contribution in [-0.4, -0.2) is 37.5 Å². The van der Waals surface area contributed by atoms with Crippen LogP contribution in [0, 0.1) is 6.92 Å². The molecule has 1 aliphatic rings. The van der Waals surface area contributed by atoms with Gasteiger partial charge in [0.2, 0.25) is 0 Å². The van der Waals surface area contributed by atoms with Crippen LogP contribution in [0.3, 0.4) is 0 Å². The first-order valence-electron chi connectivity index (χ1n) is 8.38.